The minimum absolute atomic E-state index is 0.0549. The standard InChI is InChI=1S/C19H34O3Si/c1-13(2)15-11-10-14(3)16(12-15)17(18(20)21-7)22-23(8,9)19(4,5)6/h10,15-17H,1,11-12H2,2-9H3/t15-,16+,17+/m0/s1. The summed E-state index contributed by atoms with van der Waals surface area (Å²) in [5.41, 5.74) is 2.41. The molecule has 132 valence electrons. The summed E-state index contributed by atoms with van der Waals surface area (Å²) in [5.74, 6) is 0.237. The topological polar surface area (TPSA) is 35.5 Å². The molecule has 4 heteroatoms. The molecule has 0 heterocycles. The first-order valence-corrected chi connectivity index (χ1v) is 11.4. The van der Waals surface area contributed by atoms with Crippen molar-refractivity contribution < 1.29 is 14.0 Å². The summed E-state index contributed by atoms with van der Waals surface area (Å²) >= 11 is 0. The molecule has 0 aromatic carbocycles. The minimum Gasteiger partial charge on any atom is -0.467 e. The first-order valence-electron chi connectivity index (χ1n) is 8.48. The van der Waals surface area contributed by atoms with Gasteiger partial charge in [0.25, 0.3) is 0 Å². The molecule has 0 aliphatic heterocycles. The molecule has 3 atom stereocenters. The smallest absolute Gasteiger partial charge is 0.334 e. The molecule has 0 bridgehead atoms. The lowest BCUT2D eigenvalue weighted by molar-refractivity contribution is -0.152. The molecule has 0 radical (unpaired) electrons. The maximum atomic E-state index is 12.5. The number of esters is 1. The van der Waals surface area contributed by atoms with Gasteiger partial charge in [-0.15, -0.1) is 0 Å². The van der Waals surface area contributed by atoms with Gasteiger partial charge in [-0.3, -0.25) is 0 Å². The molecule has 0 N–H and O–H groups in total. The van der Waals surface area contributed by atoms with Gasteiger partial charge in [-0.2, -0.15) is 0 Å². The fourth-order valence-corrected chi connectivity index (χ4v) is 3.99. The van der Waals surface area contributed by atoms with Gasteiger partial charge in [0.05, 0.1) is 7.11 Å². The van der Waals surface area contributed by atoms with Gasteiger partial charge in [0.15, 0.2) is 8.32 Å². The predicted molar refractivity (Wildman–Crippen MR) is 98.9 cm³/mol. The van der Waals surface area contributed by atoms with E-state index in [0.717, 1.165) is 12.8 Å². The molecule has 0 aromatic rings. The number of hydrogen-bond acceptors (Lipinski definition) is 3. The summed E-state index contributed by atoms with van der Waals surface area (Å²) in [4.78, 5) is 12.5. The van der Waals surface area contributed by atoms with E-state index in [0.29, 0.717) is 5.92 Å². The second-order valence-electron chi connectivity index (χ2n) is 8.39. The van der Waals surface area contributed by atoms with Crippen molar-refractivity contribution >= 4 is 14.3 Å². The Labute approximate surface area is 143 Å². The van der Waals surface area contributed by atoms with Crippen LogP contribution in [0.5, 0.6) is 0 Å². The SMILES string of the molecule is C=C(C)[C@H]1CC=C(C)[C@H]([C@@H](O[Si](C)(C)C(C)(C)C)C(=O)OC)C1. The Morgan fingerprint density at radius 3 is 2.39 bits per heavy atom. The van der Waals surface area contributed by atoms with Gasteiger partial charge in [-0.25, -0.2) is 4.79 Å². The van der Waals surface area contributed by atoms with Gasteiger partial charge >= 0.3 is 5.97 Å². The third kappa shape index (κ3) is 4.80. The van der Waals surface area contributed by atoms with E-state index in [1.54, 1.807) is 0 Å². The van der Waals surface area contributed by atoms with Gasteiger partial charge in [0, 0.05) is 5.92 Å². The van der Waals surface area contributed by atoms with E-state index >= 15 is 0 Å². The monoisotopic (exact) mass is 338 g/mol. The molecule has 1 aliphatic carbocycles. The lowest BCUT2D eigenvalue weighted by Gasteiger charge is -2.42. The molecule has 0 aromatic heterocycles. The van der Waals surface area contributed by atoms with E-state index in [1.807, 2.05) is 0 Å². The lowest BCUT2D eigenvalue weighted by Crippen LogP contribution is -2.49. The quantitative estimate of drug-likeness (QED) is 0.397. The Morgan fingerprint density at radius 1 is 1.39 bits per heavy atom. The van der Waals surface area contributed by atoms with Crippen molar-refractivity contribution in [1.82, 2.24) is 0 Å². The molecule has 0 saturated heterocycles. The van der Waals surface area contributed by atoms with E-state index in [-0.39, 0.29) is 16.9 Å². The molecule has 0 fully saturated rings. The van der Waals surface area contributed by atoms with E-state index in [2.05, 4.69) is 60.4 Å². The predicted octanol–water partition coefficient (Wildman–Crippen LogP) is 5.10. The molecule has 0 saturated carbocycles. The second-order valence-corrected chi connectivity index (χ2v) is 13.1. The van der Waals surface area contributed by atoms with Gasteiger partial charge in [0.1, 0.15) is 6.10 Å². The third-order valence-corrected chi connectivity index (χ3v) is 10.0. The summed E-state index contributed by atoms with van der Waals surface area (Å²) in [5, 5.41) is 0.0549. The van der Waals surface area contributed by atoms with Crippen LogP contribution in [0.15, 0.2) is 23.8 Å². The number of ether oxygens (including phenoxy) is 1. The zero-order chi connectivity index (χ0) is 18.0. The zero-order valence-electron chi connectivity index (χ0n) is 16.2. The van der Waals surface area contributed by atoms with Gasteiger partial charge < -0.3 is 9.16 Å². The van der Waals surface area contributed by atoms with Crippen LogP contribution in [0.3, 0.4) is 0 Å². The summed E-state index contributed by atoms with van der Waals surface area (Å²) in [6, 6.07) is 0. The van der Waals surface area contributed by atoms with E-state index in [9.17, 15) is 4.79 Å². The summed E-state index contributed by atoms with van der Waals surface area (Å²) in [6.45, 7) is 19.2. The molecule has 3 nitrogen and oxygen atoms in total. The van der Waals surface area contributed by atoms with Crippen LogP contribution in [-0.4, -0.2) is 27.5 Å². The van der Waals surface area contributed by atoms with Crippen LogP contribution in [0.4, 0.5) is 0 Å². The van der Waals surface area contributed by atoms with Crippen molar-refractivity contribution in [2.24, 2.45) is 11.8 Å². The average Bonchev–Trinajstić information content (AvgIpc) is 2.43. The first kappa shape index (κ1) is 20.2. The van der Waals surface area contributed by atoms with Crippen molar-refractivity contribution in [3.05, 3.63) is 23.8 Å². The summed E-state index contributed by atoms with van der Waals surface area (Å²) < 4.78 is 11.6. The highest BCUT2D eigenvalue weighted by Crippen LogP contribution is 2.41. The van der Waals surface area contributed by atoms with Gasteiger partial charge in [-0.1, -0.05) is 44.6 Å². The van der Waals surface area contributed by atoms with E-state index < -0.39 is 14.4 Å². The molecule has 1 aliphatic rings. The molecule has 0 spiro atoms. The molecular formula is C19H34O3Si. The summed E-state index contributed by atoms with van der Waals surface area (Å²) in [6.07, 6.45) is 3.63. The van der Waals surface area contributed by atoms with Crippen LogP contribution in [0.25, 0.3) is 0 Å². The first-order chi connectivity index (χ1) is 10.4. The normalized spacial score (nSPS) is 23.9. The van der Waals surface area contributed by atoms with Crippen LogP contribution in [0, 0.1) is 11.8 Å². The Bertz CT molecular complexity index is 485. The highest BCUT2D eigenvalue weighted by molar-refractivity contribution is 6.74. The maximum absolute atomic E-state index is 12.5. The average molecular weight is 339 g/mol. The fraction of sp³-hybridized carbons (Fsp3) is 0.737. The highest BCUT2D eigenvalue weighted by Gasteiger charge is 2.44. The Kier molecular flexibility index (Phi) is 6.44. The molecule has 0 amide bonds. The van der Waals surface area contributed by atoms with Crippen LogP contribution in [0.1, 0.15) is 47.5 Å². The Morgan fingerprint density at radius 2 is 1.96 bits per heavy atom. The largest absolute Gasteiger partial charge is 0.467 e. The van der Waals surface area contributed by atoms with Crippen molar-refractivity contribution in [2.75, 3.05) is 7.11 Å². The maximum Gasteiger partial charge on any atom is 0.334 e. The number of carbonyl (C=O) groups is 1. The van der Waals surface area contributed by atoms with Crippen LogP contribution in [-0.2, 0) is 14.0 Å². The summed E-state index contributed by atoms with van der Waals surface area (Å²) in [7, 11) is -0.613. The van der Waals surface area contributed by atoms with Gasteiger partial charge in [-0.05, 0) is 50.7 Å². The molecular weight excluding hydrogens is 304 g/mol. The number of carbonyl (C=O) groups excluding carboxylic acids is 1. The highest BCUT2D eigenvalue weighted by atomic mass is 28.4. The molecule has 1 rings (SSSR count). The third-order valence-electron chi connectivity index (χ3n) is 5.57. The van der Waals surface area contributed by atoms with Crippen LogP contribution < -0.4 is 0 Å². The van der Waals surface area contributed by atoms with Crippen molar-refractivity contribution in [2.45, 2.75) is 71.7 Å². The fourth-order valence-electron chi connectivity index (χ4n) is 2.74. The second kappa shape index (κ2) is 7.35. The number of methoxy groups -OCH3 is 1. The van der Waals surface area contributed by atoms with Crippen LogP contribution in [0.2, 0.25) is 18.1 Å². The zero-order valence-corrected chi connectivity index (χ0v) is 17.2. The Balaban J connectivity index is 3.12. The number of rotatable bonds is 5. The molecule has 0 unspecified atom stereocenters. The lowest BCUT2D eigenvalue weighted by atomic mass is 9.76. The minimum atomic E-state index is -2.06. The van der Waals surface area contributed by atoms with E-state index in [4.69, 9.17) is 9.16 Å². The molecule has 23 heavy (non-hydrogen) atoms. The van der Waals surface area contributed by atoms with Gasteiger partial charge in [0.2, 0.25) is 0 Å². The number of allylic oxidation sites excluding steroid dienone is 2. The van der Waals surface area contributed by atoms with Crippen molar-refractivity contribution in [1.29, 1.82) is 0 Å². The van der Waals surface area contributed by atoms with E-state index in [1.165, 1.54) is 18.3 Å². The number of hydrogen-bond donors (Lipinski definition) is 0. The van der Waals surface area contributed by atoms with Crippen molar-refractivity contribution in [3.8, 4) is 0 Å². The van der Waals surface area contributed by atoms with Crippen molar-refractivity contribution in [3.63, 3.8) is 0 Å². The van der Waals surface area contributed by atoms with Crippen LogP contribution >= 0.6 is 0 Å². The Hall–Kier alpha value is -0.873.